The van der Waals surface area contributed by atoms with E-state index in [0.717, 1.165) is 0 Å². The number of carboxylic acid groups (broad SMARTS) is 1. The van der Waals surface area contributed by atoms with Gasteiger partial charge in [0.1, 0.15) is 0 Å². The van der Waals surface area contributed by atoms with Crippen molar-refractivity contribution in [2.45, 2.75) is 0 Å². The van der Waals surface area contributed by atoms with E-state index in [-0.39, 0.29) is 5.76 Å². The van der Waals surface area contributed by atoms with Gasteiger partial charge in [-0.05, 0) is 29.8 Å². The summed E-state index contributed by atoms with van der Waals surface area (Å²) in [5, 5.41) is 9.21. The van der Waals surface area contributed by atoms with Crippen LogP contribution in [-0.4, -0.2) is 11.1 Å². The van der Waals surface area contributed by atoms with Crippen molar-refractivity contribution in [3.8, 4) is 11.1 Å². The Morgan fingerprint density at radius 3 is 2.29 bits per heavy atom. The van der Waals surface area contributed by atoms with Gasteiger partial charge in [-0.1, -0.05) is 23.7 Å². The van der Waals surface area contributed by atoms with Crippen molar-refractivity contribution in [1.29, 1.82) is 0 Å². The summed E-state index contributed by atoms with van der Waals surface area (Å²) in [6.45, 7) is 0. The Hall–Kier alpha value is -2.07. The molecule has 86 valence electrons. The minimum atomic E-state index is -1.27. The van der Waals surface area contributed by atoms with Crippen LogP contribution in [0.5, 0.6) is 0 Å². The van der Waals surface area contributed by atoms with Gasteiger partial charge in [-0.15, -0.1) is 0 Å². The second kappa shape index (κ2) is 4.43. The number of halogens is 1. The monoisotopic (exact) mass is 250 g/mol. The summed E-state index contributed by atoms with van der Waals surface area (Å²) in [6, 6.07) is 9.26. The van der Waals surface area contributed by atoms with Gasteiger partial charge in [0.25, 0.3) is 0 Å². The molecular weight excluding hydrogens is 244 g/mol. The summed E-state index contributed by atoms with van der Waals surface area (Å²) in [5.41, 5.74) is 0.235. The number of carbonyl (C=O) groups is 1. The molecule has 4 nitrogen and oxygen atoms in total. The fourth-order valence-electron chi connectivity index (χ4n) is 1.37. The molecule has 0 atom stereocenters. The number of carboxylic acids is 1. The van der Waals surface area contributed by atoms with E-state index >= 15 is 0 Å². The Morgan fingerprint density at radius 1 is 1.12 bits per heavy atom. The van der Waals surface area contributed by atoms with Crippen molar-refractivity contribution in [2.24, 2.45) is 0 Å². The molecule has 2 rings (SSSR count). The van der Waals surface area contributed by atoms with Crippen LogP contribution in [0.2, 0.25) is 5.02 Å². The van der Waals surface area contributed by atoms with Crippen LogP contribution in [0.1, 0.15) is 10.6 Å². The molecule has 1 aromatic carbocycles. The first-order chi connectivity index (χ1) is 8.08. The molecule has 0 aliphatic carbocycles. The Balaban J connectivity index is 2.50. The Kier molecular flexibility index (Phi) is 2.97. The maximum Gasteiger partial charge on any atom is 0.371 e. The SMILES string of the molecule is O=C(O)c1ccc(-c2ccc(Cl)cc2)c(=O)o1. The summed E-state index contributed by atoms with van der Waals surface area (Å²) >= 11 is 5.73. The highest BCUT2D eigenvalue weighted by Crippen LogP contribution is 2.18. The molecule has 1 heterocycles. The highest BCUT2D eigenvalue weighted by Gasteiger charge is 2.10. The smallest absolute Gasteiger partial charge is 0.371 e. The van der Waals surface area contributed by atoms with Crippen LogP contribution in [-0.2, 0) is 0 Å². The van der Waals surface area contributed by atoms with Crippen LogP contribution >= 0.6 is 11.6 Å². The van der Waals surface area contributed by atoms with E-state index in [1.165, 1.54) is 12.1 Å². The molecule has 0 aliphatic heterocycles. The van der Waals surface area contributed by atoms with Gasteiger partial charge in [-0.2, -0.15) is 0 Å². The molecule has 0 aliphatic rings. The zero-order chi connectivity index (χ0) is 12.4. The molecule has 0 bridgehead atoms. The lowest BCUT2D eigenvalue weighted by Crippen LogP contribution is -2.07. The zero-order valence-electron chi connectivity index (χ0n) is 8.51. The molecule has 2 aromatic rings. The molecule has 17 heavy (non-hydrogen) atoms. The third kappa shape index (κ3) is 2.37. The quantitative estimate of drug-likeness (QED) is 0.890. The number of hydrogen-bond donors (Lipinski definition) is 1. The van der Waals surface area contributed by atoms with Gasteiger partial charge in [0, 0.05) is 5.02 Å². The Bertz CT molecular complexity index is 613. The van der Waals surface area contributed by atoms with Gasteiger partial charge in [0.15, 0.2) is 0 Å². The lowest BCUT2D eigenvalue weighted by atomic mass is 10.1. The summed E-state index contributed by atoms with van der Waals surface area (Å²) in [6.07, 6.45) is 0. The molecule has 0 saturated carbocycles. The summed E-state index contributed by atoms with van der Waals surface area (Å²) in [5.74, 6) is -1.66. The highest BCUT2D eigenvalue weighted by molar-refractivity contribution is 6.30. The average molecular weight is 251 g/mol. The van der Waals surface area contributed by atoms with Gasteiger partial charge in [0.05, 0.1) is 5.56 Å². The van der Waals surface area contributed by atoms with E-state index in [0.29, 0.717) is 16.1 Å². The minimum absolute atomic E-state index is 0.298. The molecule has 0 amide bonds. The van der Waals surface area contributed by atoms with E-state index in [4.69, 9.17) is 16.7 Å². The van der Waals surface area contributed by atoms with Crippen LogP contribution < -0.4 is 5.63 Å². The molecule has 0 fully saturated rings. The van der Waals surface area contributed by atoms with Crippen LogP contribution in [0.3, 0.4) is 0 Å². The molecule has 0 saturated heterocycles. The first kappa shape index (κ1) is 11.4. The Labute approximate surface area is 101 Å². The summed E-state index contributed by atoms with van der Waals surface area (Å²) in [7, 11) is 0. The van der Waals surface area contributed by atoms with Crippen molar-refractivity contribution in [3.63, 3.8) is 0 Å². The normalized spacial score (nSPS) is 10.2. The van der Waals surface area contributed by atoms with Crippen molar-refractivity contribution in [2.75, 3.05) is 0 Å². The number of rotatable bonds is 2. The molecule has 1 N–H and O–H groups in total. The van der Waals surface area contributed by atoms with Gasteiger partial charge in [-0.25, -0.2) is 9.59 Å². The van der Waals surface area contributed by atoms with E-state index < -0.39 is 11.6 Å². The van der Waals surface area contributed by atoms with Crippen LogP contribution in [0.4, 0.5) is 0 Å². The third-order valence-corrected chi connectivity index (χ3v) is 2.44. The molecule has 0 unspecified atom stereocenters. The van der Waals surface area contributed by atoms with Crippen LogP contribution in [0, 0.1) is 0 Å². The lowest BCUT2D eigenvalue weighted by molar-refractivity contribution is 0.0657. The van der Waals surface area contributed by atoms with Gasteiger partial charge in [-0.3, -0.25) is 0 Å². The fourth-order valence-corrected chi connectivity index (χ4v) is 1.50. The van der Waals surface area contributed by atoms with Crippen LogP contribution in [0.15, 0.2) is 45.6 Å². The zero-order valence-corrected chi connectivity index (χ0v) is 9.27. The van der Waals surface area contributed by atoms with E-state index in [2.05, 4.69) is 4.42 Å². The van der Waals surface area contributed by atoms with E-state index in [1.807, 2.05) is 0 Å². The maximum atomic E-state index is 11.6. The van der Waals surface area contributed by atoms with Crippen LogP contribution in [0.25, 0.3) is 11.1 Å². The maximum absolute atomic E-state index is 11.6. The molecule has 0 radical (unpaired) electrons. The predicted octanol–water partition coefficient (Wildman–Crippen LogP) is 2.66. The van der Waals surface area contributed by atoms with Gasteiger partial charge in [0.2, 0.25) is 5.76 Å². The van der Waals surface area contributed by atoms with Crippen molar-refractivity contribution < 1.29 is 14.3 Å². The van der Waals surface area contributed by atoms with Gasteiger partial charge >= 0.3 is 11.6 Å². The van der Waals surface area contributed by atoms with Crippen molar-refractivity contribution >= 4 is 17.6 Å². The van der Waals surface area contributed by atoms with Crippen molar-refractivity contribution in [1.82, 2.24) is 0 Å². The number of benzene rings is 1. The molecule has 0 spiro atoms. The predicted molar refractivity (Wildman–Crippen MR) is 62.4 cm³/mol. The summed E-state index contributed by atoms with van der Waals surface area (Å²) in [4.78, 5) is 22.2. The molecule has 5 heteroatoms. The van der Waals surface area contributed by atoms with Crippen molar-refractivity contribution in [3.05, 3.63) is 57.6 Å². The first-order valence-electron chi connectivity index (χ1n) is 4.71. The number of aromatic carboxylic acids is 1. The second-order valence-electron chi connectivity index (χ2n) is 3.31. The third-order valence-electron chi connectivity index (χ3n) is 2.19. The van der Waals surface area contributed by atoms with Gasteiger partial charge < -0.3 is 9.52 Å². The minimum Gasteiger partial charge on any atom is -0.475 e. The average Bonchev–Trinajstić information content (AvgIpc) is 2.30. The number of hydrogen-bond acceptors (Lipinski definition) is 3. The highest BCUT2D eigenvalue weighted by atomic mass is 35.5. The Morgan fingerprint density at radius 2 is 1.76 bits per heavy atom. The standard InChI is InChI=1S/C12H7ClO4/c13-8-3-1-7(2-4-8)9-5-6-10(11(14)15)17-12(9)16/h1-6H,(H,14,15). The first-order valence-corrected chi connectivity index (χ1v) is 5.09. The topological polar surface area (TPSA) is 67.5 Å². The van der Waals surface area contributed by atoms with E-state index in [9.17, 15) is 9.59 Å². The largest absolute Gasteiger partial charge is 0.475 e. The molecule has 1 aromatic heterocycles. The second-order valence-corrected chi connectivity index (χ2v) is 3.75. The fraction of sp³-hybridized carbons (Fsp3) is 0. The lowest BCUT2D eigenvalue weighted by Gasteiger charge is -2.00. The molecular formula is C12H7ClO4. The summed E-state index contributed by atoms with van der Waals surface area (Å²) < 4.78 is 4.67. The van der Waals surface area contributed by atoms with E-state index in [1.54, 1.807) is 24.3 Å².